The van der Waals surface area contributed by atoms with Gasteiger partial charge in [0.2, 0.25) is 65.0 Å². The van der Waals surface area contributed by atoms with Crippen molar-refractivity contribution in [1.82, 2.24) is 54.7 Å². The summed E-state index contributed by atoms with van der Waals surface area (Å²) in [7, 11) is 8.54. The summed E-state index contributed by atoms with van der Waals surface area (Å²) < 4.78 is 0. The molecule has 24 heteroatoms. The number of hydrogen-bond donors (Lipinski definition) is 3. The van der Waals surface area contributed by atoms with Gasteiger partial charge in [-0.25, -0.2) is 0 Å². The van der Waals surface area contributed by atoms with E-state index < -0.39 is 162 Å². The number of fused-ring (bicyclic) bond motifs is 1. The number of likely N-dealkylation sites (tertiary alicyclic amines) is 1. The van der Waals surface area contributed by atoms with Crippen LogP contribution >= 0.6 is 0 Å². The number of aliphatic hydroxyl groups excluding tert-OH is 1. The van der Waals surface area contributed by atoms with Gasteiger partial charge in [-0.05, 0) is 114 Å². The van der Waals surface area contributed by atoms with Crippen molar-refractivity contribution in [2.24, 2.45) is 23.7 Å². The second kappa shape index (κ2) is 35.8. The third-order valence-electron chi connectivity index (χ3n) is 19.2. The molecule has 3 aliphatic heterocycles. The molecule has 3 N–H and O–H groups in total. The van der Waals surface area contributed by atoms with Gasteiger partial charge in [-0.2, -0.15) is 0 Å². The van der Waals surface area contributed by atoms with E-state index in [4.69, 9.17) is 0 Å². The first kappa shape index (κ1) is 77.9. The van der Waals surface area contributed by atoms with Gasteiger partial charge in [0, 0.05) is 81.3 Å². The Hall–Kier alpha value is -7.76. The molecule has 0 spiro atoms. The summed E-state index contributed by atoms with van der Waals surface area (Å²) in [4.78, 5) is 190. The highest BCUT2D eigenvalue weighted by Gasteiger charge is 2.46. The number of benzene rings is 2. The lowest BCUT2D eigenvalue weighted by molar-refractivity contribution is -0.156. The van der Waals surface area contributed by atoms with Crippen LogP contribution in [0.1, 0.15) is 145 Å². The predicted octanol–water partition coefficient (Wildman–Crippen LogP) is 3.79. The molecule has 2 aromatic rings. The average molecular weight is 1320 g/mol. The molecule has 24 nitrogen and oxygen atoms in total. The molecule has 0 aromatic heterocycles. The number of carbonyl (C=O) groups excluding carboxylic acids is 12. The molecule has 2 aromatic carbocycles. The second-order valence-corrected chi connectivity index (χ2v) is 27.7. The van der Waals surface area contributed by atoms with E-state index in [-0.39, 0.29) is 57.0 Å². The summed E-state index contributed by atoms with van der Waals surface area (Å²) in [6, 6.07) is 7.50. The van der Waals surface area contributed by atoms with E-state index in [1.54, 1.807) is 25.7 Å². The van der Waals surface area contributed by atoms with E-state index in [0.717, 1.165) is 21.8 Å². The number of nitrogens with zero attached hydrogens (tertiary/aromatic N) is 9. The summed E-state index contributed by atoms with van der Waals surface area (Å²) in [5, 5.41) is 16.7. The van der Waals surface area contributed by atoms with E-state index in [0.29, 0.717) is 44.3 Å². The molecule has 3 heterocycles. The molecule has 3 fully saturated rings. The Morgan fingerprint density at radius 1 is 0.558 bits per heavy atom. The molecule has 0 saturated carbocycles. The SMILES string of the molecule is CCN1C(=O)[C@H](CCc2ccccc2)N(C)C(=O)CN(C)C(=O)[C@H]([C@@H](C)O)CC(=O)[C@H](C)N(C)C(=O)C[C@@H](C(=O)N2CCCCC2)NC(=O)[C@H](C(C)C)N(C)C(=O)[C@H](C)NC(=O)[C@H](CC(C)C)N(C)C(=O)[C@@H]2CCCN2C(=O)[C@H](CC(C)C)N(C)C(=O)[C@@H]1Cc1ccccc1. The van der Waals surface area contributed by atoms with Crippen LogP contribution < -0.4 is 10.6 Å². The molecule has 0 bridgehead atoms. The van der Waals surface area contributed by atoms with Crippen LogP contribution in [0.5, 0.6) is 0 Å². The van der Waals surface area contributed by atoms with Crippen LogP contribution in [0.3, 0.4) is 0 Å². The molecule has 11 amide bonds. The zero-order valence-corrected chi connectivity index (χ0v) is 59.2. The van der Waals surface area contributed by atoms with Gasteiger partial charge in [0.25, 0.3) is 0 Å². The summed E-state index contributed by atoms with van der Waals surface area (Å²) in [5.41, 5.74) is 1.56. The highest BCUT2D eigenvalue weighted by molar-refractivity contribution is 6.00. The van der Waals surface area contributed by atoms with Crippen molar-refractivity contribution in [2.75, 3.05) is 75.0 Å². The Balaban J connectivity index is 1.64. The van der Waals surface area contributed by atoms with E-state index in [1.807, 2.05) is 88.4 Å². The lowest BCUT2D eigenvalue weighted by atomic mass is 9.92. The van der Waals surface area contributed by atoms with Crippen molar-refractivity contribution in [1.29, 1.82) is 0 Å². The number of carbonyl (C=O) groups is 12. The predicted molar refractivity (Wildman–Crippen MR) is 360 cm³/mol. The molecular weight excluding hydrogens is 1210 g/mol. The van der Waals surface area contributed by atoms with E-state index in [1.165, 1.54) is 92.5 Å². The van der Waals surface area contributed by atoms with Crippen molar-refractivity contribution < 1.29 is 62.6 Å². The van der Waals surface area contributed by atoms with Crippen LogP contribution in [-0.2, 0) is 70.4 Å². The fourth-order valence-corrected chi connectivity index (χ4v) is 13.3. The van der Waals surface area contributed by atoms with Crippen molar-refractivity contribution in [2.45, 2.75) is 207 Å². The second-order valence-electron chi connectivity index (χ2n) is 27.7. The number of Topliss-reactive ketones (excluding diaryl/α,β-unsaturated/α-hetero) is 1. The zero-order chi connectivity index (χ0) is 70.9. The molecular formula is C71H109N11O13. The summed E-state index contributed by atoms with van der Waals surface area (Å²) in [5.74, 6) is -9.90. The number of ketones is 1. The Morgan fingerprint density at radius 2 is 1.13 bits per heavy atom. The fraction of sp³-hybridized carbons (Fsp3) is 0.662. The first-order valence-corrected chi connectivity index (χ1v) is 34.1. The molecule has 3 saturated heterocycles. The van der Waals surface area contributed by atoms with Gasteiger partial charge in [0.05, 0.1) is 31.0 Å². The Bertz CT molecular complexity index is 2990. The number of nitrogens with one attached hydrogen (secondary N) is 2. The summed E-state index contributed by atoms with van der Waals surface area (Å²) in [6.07, 6.45) is 1.07. The first-order chi connectivity index (χ1) is 44.7. The van der Waals surface area contributed by atoms with Crippen LogP contribution in [0.15, 0.2) is 60.7 Å². The Morgan fingerprint density at radius 3 is 1.68 bits per heavy atom. The normalized spacial score (nSPS) is 26.4. The van der Waals surface area contributed by atoms with Gasteiger partial charge < -0.3 is 59.8 Å². The van der Waals surface area contributed by atoms with Crippen molar-refractivity contribution >= 4 is 70.8 Å². The van der Waals surface area contributed by atoms with E-state index in [9.17, 15) is 43.5 Å². The molecule has 3 aliphatic rings. The minimum atomic E-state index is -1.45. The molecule has 0 aliphatic carbocycles. The highest BCUT2D eigenvalue weighted by Crippen LogP contribution is 2.28. The van der Waals surface area contributed by atoms with E-state index >= 15 is 19.2 Å². The number of likely N-dealkylation sites (N-methyl/N-ethyl adjacent to an activating group) is 7. The fourth-order valence-electron chi connectivity index (χ4n) is 13.3. The number of aryl methyl sites for hydroxylation is 1. The molecule has 95 heavy (non-hydrogen) atoms. The molecule has 0 radical (unpaired) electrons. The quantitative estimate of drug-likeness (QED) is 0.258. The minimum absolute atomic E-state index is 0.0104. The third kappa shape index (κ3) is 20.4. The van der Waals surface area contributed by atoms with Crippen molar-refractivity contribution in [3.8, 4) is 0 Å². The number of aliphatic hydroxyl groups is 1. The van der Waals surface area contributed by atoms with Crippen LogP contribution in [0.2, 0.25) is 0 Å². The third-order valence-corrected chi connectivity index (χ3v) is 19.2. The first-order valence-electron chi connectivity index (χ1n) is 34.1. The topological polar surface area (TPSA) is 278 Å². The maximum Gasteiger partial charge on any atom is 0.246 e. The molecule has 11 atom stereocenters. The Kier molecular flexibility index (Phi) is 29.4. The maximum atomic E-state index is 15.7. The highest BCUT2D eigenvalue weighted by atomic mass is 16.3. The lowest BCUT2D eigenvalue weighted by Gasteiger charge is -2.40. The molecule has 526 valence electrons. The minimum Gasteiger partial charge on any atom is -0.393 e. The van der Waals surface area contributed by atoms with Gasteiger partial charge in [-0.3, -0.25) is 57.5 Å². The average Bonchev–Trinajstić information content (AvgIpc) is 1.79. The monoisotopic (exact) mass is 1320 g/mol. The van der Waals surface area contributed by atoms with Crippen LogP contribution in [0, 0.1) is 23.7 Å². The lowest BCUT2D eigenvalue weighted by Crippen LogP contribution is -2.61. The smallest absolute Gasteiger partial charge is 0.246 e. The van der Waals surface area contributed by atoms with Gasteiger partial charge in [-0.1, -0.05) is 102 Å². The van der Waals surface area contributed by atoms with Gasteiger partial charge in [0.1, 0.15) is 48.3 Å². The van der Waals surface area contributed by atoms with Gasteiger partial charge in [-0.15, -0.1) is 0 Å². The van der Waals surface area contributed by atoms with Gasteiger partial charge in [0.15, 0.2) is 5.78 Å². The Labute approximate surface area is 563 Å². The maximum absolute atomic E-state index is 15.7. The summed E-state index contributed by atoms with van der Waals surface area (Å²) >= 11 is 0. The number of rotatable bonds is 13. The van der Waals surface area contributed by atoms with Crippen molar-refractivity contribution in [3.63, 3.8) is 0 Å². The largest absolute Gasteiger partial charge is 0.393 e. The number of hydrogen-bond acceptors (Lipinski definition) is 13. The number of amides is 11. The molecule has 5 rings (SSSR count). The van der Waals surface area contributed by atoms with Crippen LogP contribution in [-0.4, -0.2) is 255 Å². The molecule has 0 unspecified atom stereocenters. The van der Waals surface area contributed by atoms with E-state index in [2.05, 4.69) is 10.6 Å². The van der Waals surface area contributed by atoms with Crippen LogP contribution in [0.4, 0.5) is 0 Å². The zero-order valence-electron chi connectivity index (χ0n) is 59.2. The number of piperidine rings is 1. The van der Waals surface area contributed by atoms with Crippen LogP contribution in [0.25, 0.3) is 0 Å². The van der Waals surface area contributed by atoms with Gasteiger partial charge >= 0.3 is 0 Å². The summed E-state index contributed by atoms with van der Waals surface area (Å²) in [6.45, 7) is 17.2. The standard InChI is InChI=1S/C71H109N11O13/c1-17-81-58(40-51-30-23-19-24-31-51)69(93)78(15)57(39-45(4)5)71(95)82-37-27-32-55(82)68(92)77(14)56(38-44(2)3)63(87)72-47(8)65(89)79(16)62(46(6)7)64(88)73-53(67(91)80-35-25-20-26-36-80)42-60(85)75(12)48(9)59(84)41-52(49(10)83)66(90)74(11)43-61(86)76(13)54(70(81)94)34-33-50-28-21-18-22-29-50/h18-19,21-24,28-31,44-49,52-58,62,83H,17,20,25-27,32-43H2,1-16H3,(H,72,87)(H,73,88)/t47-,48-,49+,52-,53-,54-,55-,56-,57-,58-,62-/m0/s1. The van der Waals surface area contributed by atoms with Crippen molar-refractivity contribution in [3.05, 3.63) is 71.8 Å².